The molecule has 4 nitrogen and oxygen atoms in total. The summed E-state index contributed by atoms with van der Waals surface area (Å²) >= 11 is 0. The zero-order chi connectivity index (χ0) is 13.5. The van der Waals surface area contributed by atoms with Crippen molar-refractivity contribution in [3.63, 3.8) is 0 Å². The Balaban J connectivity index is 1.88. The van der Waals surface area contributed by atoms with Gasteiger partial charge in [-0.1, -0.05) is 30.3 Å². The number of carbonyl (C=O) groups is 1. The van der Waals surface area contributed by atoms with Gasteiger partial charge in [-0.3, -0.25) is 0 Å². The number of rotatable bonds is 5. The first kappa shape index (κ1) is 13.9. The largest absolute Gasteiger partial charge is 0.372 e. The van der Waals surface area contributed by atoms with Gasteiger partial charge in [-0.25, -0.2) is 4.79 Å². The van der Waals surface area contributed by atoms with E-state index in [1.54, 1.807) is 0 Å². The third kappa shape index (κ3) is 3.96. The van der Waals surface area contributed by atoms with E-state index in [1.165, 1.54) is 0 Å². The highest BCUT2D eigenvalue weighted by atomic mass is 16.5. The van der Waals surface area contributed by atoms with Crippen LogP contribution in [0.2, 0.25) is 0 Å². The van der Waals surface area contributed by atoms with Gasteiger partial charge in [0.2, 0.25) is 0 Å². The first-order valence-corrected chi connectivity index (χ1v) is 7.00. The van der Waals surface area contributed by atoms with Crippen LogP contribution in [-0.4, -0.2) is 37.2 Å². The van der Waals surface area contributed by atoms with Gasteiger partial charge in [-0.2, -0.15) is 0 Å². The van der Waals surface area contributed by atoms with Gasteiger partial charge in [-0.15, -0.1) is 0 Å². The summed E-state index contributed by atoms with van der Waals surface area (Å²) in [7, 11) is 0. The number of nitrogens with one attached hydrogen (secondary N) is 1. The second-order valence-corrected chi connectivity index (χ2v) is 4.73. The van der Waals surface area contributed by atoms with E-state index >= 15 is 0 Å². The molecule has 1 aliphatic heterocycles. The summed E-state index contributed by atoms with van der Waals surface area (Å²) in [5, 5.41) is 2.97. The molecular formula is C15H22N2O2. The van der Waals surface area contributed by atoms with Gasteiger partial charge in [0.1, 0.15) is 0 Å². The summed E-state index contributed by atoms with van der Waals surface area (Å²) < 4.78 is 5.71. The Morgan fingerprint density at radius 2 is 2.00 bits per heavy atom. The van der Waals surface area contributed by atoms with Crippen LogP contribution in [0, 0.1) is 0 Å². The van der Waals surface area contributed by atoms with E-state index in [-0.39, 0.29) is 12.1 Å². The monoisotopic (exact) mass is 262 g/mol. The van der Waals surface area contributed by atoms with Gasteiger partial charge in [0.15, 0.2) is 0 Å². The lowest BCUT2D eigenvalue weighted by molar-refractivity contribution is 0.0629. The van der Waals surface area contributed by atoms with Crippen molar-refractivity contribution in [1.29, 1.82) is 0 Å². The topological polar surface area (TPSA) is 41.6 Å². The lowest BCUT2D eigenvalue weighted by Crippen LogP contribution is -2.40. The van der Waals surface area contributed by atoms with Crippen molar-refractivity contribution < 1.29 is 9.53 Å². The lowest BCUT2D eigenvalue weighted by Gasteiger charge is -2.21. The van der Waals surface area contributed by atoms with Crippen molar-refractivity contribution in [1.82, 2.24) is 10.2 Å². The van der Waals surface area contributed by atoms with Crippen molar-refractivity contribution in [2.75, 3.05) is 26.2 Å². The molecule has 1 aliphatic rings. The lowest BCUT2D eigenvalue weighted by atomic mass is 10.1. The van der Waals surface area contributed by atoms with E-state index in [0.717, 1.165) is 31.5 Å². The Morgan fingerprint density at radius 1 is 1.32 bits per heavy atom. The smallest absolute Gasteiger partial charge is 0.317 e. The normalized spacial score (nSPS) is 16.4. The molecule has 2 amide bonds. The molecule has 4 heteroatoms. The standard InChI is InChI=1S/C15H22N2O2/c1-2-19-14(13-8-4-3-5-9-13)12-16-15(18)17-10-6-7-11-17/h3-5,8-9,14H,2,6-7,10-12H2,1H3,(H,16,18)/t14-/m0/s1. The first-order chi connectivity index (χ1) is 9.31. The molecule has 0 aromatic heterocycles. The molecule has 1 aromatic carbocycles. The van der Waals surface area contributed by atoms with Crippen molar-refractivity contribution in [2.24, 2.45) is 0 Å². The Morgan fingerprint density at radius 3 is 2.63 bits per heavy atom. The predicted molar refractivity (Wildman–Crippen MR) is 75.0 cm³/mol. The highest BCUT2D eigenvalue weighted by Crippen LogP contribution is 2.16. The van der Waals surface area contributed by atoms with E-state index in [2.05, 4.69) is 5.32 Å². The number of hydrogen-bond donors (Lipinski definition) is 1. The van der Waals surface area contributed by atoms with Crippen LogP contribution in [-0.2, 0) is 4.74 Å². The predicted octanol–water partition coefficient (Wildman–Crippen LogP) is 2.57. The minimum Gasteiger partial charge on any atom is -0.372 e. The summed E-state index contributed by atoms with van der Waals surface area (Å²) in [5.41, 5.74) is 1.10. The van der Waals surface area contributed by atoms with Crippen LogP contribution >= 0.6 is 0 Å². The maximum Gasteiger partial charge on any atom is 0.317 e. The van der Waals surface area contributed by atoms with Crippen LogP contribution in [0.5, 0.6) is 0 Å². The molecule has 1 heterocycles. The van der Waals surface area contributed by atoms with Gasteiger partial charge in [0, 0.05) is 26.2 Å². The molecule has 2 rings (SSSR count). The van der Waals surface area contributed by atoms with Crippen molar-refractivity contribution in [2.45, 2.75) is 25.9 Å². The number of hydrogen-bond acceptors (Lipinski definition) is 2. The summed E-state index contributed by atoms with van der Waals surface area (Å²) in [5.74, 6) is 0. The second kappa shape index (κ2) is 7.14. The molecule has 19 heavy (non-hydrogen) atoms. The van der Waals surface area contributed by atoms with E-state index in [9.17, 15) is 4.79 Å². The van der Waals surface area contributed by atoms with Crippen LogP contribution < -0.4 is 5.32 Å². The number of likely N-dealkylation sites (tertiary alicyclic amines) is 1. The number of amides is 2. The third-order valence-corrected chi connectivity index (χ3v) is 3.37. The highest BCUT2D eigenvalue weighted by molar-refractivity contribution is 5.74. The first-order valence-electron chi connectivity index (χ1n) is 7.00. The summed E-state index contributed by atoms with van der Waals surface area (Å²) in [6.45, 7) is 4.87. The number of urea groups is 1. The molecule has 1 aromatic rings. The average Bonchev–Trinajstić information content (AvgIpc) is 2.98. The van der Waals surface area contributed by atoms with E-state index in [0.29, 0.717) is 13.2 Å². The highest BCUT2D eigenvalue weighted by Gasteiger charge is 2.19. The van der Waals surface area contributed by atoms with E-state index < -0.39 is 0 Å². The Labute approximate surface area is 114 Å². The minimum absolute atomic E-state index is 0.0261. The molecule has 0 spiro atoms. The maximum atomic E-state index is 11.9. The summed E-state index contributed by atoms with van der Waals surface area (Å²) in [6.07, 6.45) is 2.15. The van der Waals surface area contributed by atoms with Crippen molar-refractivity contribution >= 4 is 6.03 Å². The summed E-state index contributed by atoms with van der Waals surface area (Å²) in [6, 6.07) is 10.0. The Bertz CT molecular complexity index is 388. The molecule has 1 fully saturated rings. The number of benzene rings is 1. The van der Waals surface area contributed by atoms with Crippen LogP contribution in [0.1, 0.15) is 31.4 Å². The number of nitrogens with zero attached hydrogens (tertiary/aromatic N) is 1. The Hall–Kier alpha value is -1.55. The molecule has 1 saturated heterocycles. The fourth-order valence-corrected chi connectivity index (χ4v) is 2.35. The van der Waals surface area contributed by atoms with Gasteiger partial charge >= 0.3 is 6.03 Å². The van der Waals surface area contributed by atoms with Crippen LogP contribution in [0.4, 0.5) is 4.79 Å². The fraction of sp³-hybridized carbons (Fsp3) is 0.533. The second-order valence-electron chi connectivity index (χ2n) is 4.73. The van der Waals surface area contributed by atoms with E-state index in [1.807, 2.05) is 42.2 Å². The SMILES string of the molecule is CCO[C@@H](CNC(=O)N1CCCC1)c1ccccc1. The zero-order valence-corrected chi connectivity index (χ0v) is 11.5. The van der Waals surface area contributed by atoms with Crippen molar-refractivity contribution in [3.8, 4) is 0 Å². The molecule has 1 N–H and O–H groups in total. The van der Waals surface area contributed by atoms with Gasteiger partial charge in [0.25, 0.3) is 0 Å². The quantitative estimate of drug-likeness (QED) is 0.886. The molecule has 0 unspecified atom stereocenters. The van der Waals surface area contributed by atoms with Gasteiger partial charge < -0.3 is 15.0 Å². The van der Waals surface area contributed by atoms with Crippen LogP contribution in [0.25, 0.3) is 0 Å². The van der Waals surface area contributed by atoms with Crippen LogP contribution in [0.3, 0.4) is 0 Å². The zero-order valence-electron chi connectivity index (χ0n) is 11.5. The summed E-state index contributed by atoms with van der Waals surface area (Å²) in [4.78, 5) is 13.8. The minimum atomic E-state index is -0.0715. The Kier molecular flexibility index (Phi) is 5.21. The molecule has 0 bridgehead atoms. The fourth-order valence-electron chi connectivity index (χ4n) is 2.35. The van der Waals surface area contributed by atoms with Crippen molar-refractivity contribution in [3.05, 3.63) is 35.9 Å². The van der Waals surface area contributed by atoms with Gasteiger partial charge in [0.05, 0.1) is 6.10 Å². The molecule has 104 valence electrons. The molecule has 0 saturated carbocycles. The molecule has 0 aliphatic carbocycles. The average molecular weight is 262 g/mol. The maximum absolute atomic E-state index is 11.9. The molecule has 0 radical (unpaired) electrons. The number of ether oxygens (including phenoxy) is 1. The molecule has 1 atom stereocenters. The molecular weight excluding hydrogens is 240 g/mol. The van der Waals surface area contributed by atoms with E-state index in [4.69, 9.17) is 4.74 Å². The third-order valence-electron chi connectivity index (χ3n) is 3.37. The number of carbonyl (C=O) groups excluding carboxylic acids is 1. The van der Waals surface area contributed by atoms with Gasteiger partial charge in [-0.05, 0) is 25.3 Å². The van der Waals surface area contributed by atoms with Crippen LogP contribution in [0.15, 0.2) is 30.3 Å².